The quantitative estimate of drug-likeness (QED) is 0.472. The zero-order valence-electron chi connectivity index (χ0n) is 16.8. The average molecular weight is 426 g/mol. The molecule has 0 radical (unpaired) electrons. The van der Waals surface area contributed by atoms with Crippen LogP contribution in [0.5, 0.6) is 5.75 Å². The summed E-state index contributed by atoms with van der Waals surface area (Å²) in [4.78, 5) is 6.44. The molecule has 0 unspecified atom stereocenters. The number of aliphatic hydroxyl groups excluding tert-OH is 1. The van der Waals surface area contributed by atoms with Gasteiger partial charge in [0.2, 0.25) is 0 Å². The van der Waals surface area contributed by atoms with Gasteiger partial charge in [-0.3, -0.25) is 4.40 Å². The molecule has 9 heteroatoms. The average Bonchev–Trinajstić information content (AvgIpc) is 3.13. The Bertz CT molecular complexity index is 1170. The lowest BCUT2D eigenvalue weighted by molar-refractivity contribution is 0.0285. The summed E-state index contributed by atoms with van der Waals surface area (Å²) in [7, 11) is 0. The molecule has 1 aliphatic rings. The fourth-order valence-corrected chi connectivity index (χ4v) is 4.65. The number of imidazole rings is 1. The van der Waals surface area contributed by atoms with E-state index >= 15 is 0 Å². The Kier molecular flexibility index (Phi) is 4.61. The fraction of sp³-hybridized carbons (Fsp3) is 0.381. The van der Waals surface area contributed by atoms with Crippen molar-refractivity contribution in [2.45, 2.75) is 44.3 Å². The van der Waals surface area contributed by atoms with E-state index in [2.05, 4.69) is 15.3 Å². The molecule has 1 atom stereocenters. The molecule has 4 aromatic rings. The largest absolute Gasteiger partial charge is 0.491 e. The molecule has 1 aromatic carbocycles. The summed E-state index contributed by atoms with van der Waals surface area (Å²) in [5, 5.41) is 29.3. The monoisotopic (exact) mass is 425 g/mol. The van der Waals surface area contributed by atoms with Gasteiger partial charge in [-0.25, -0.2) is 9.67 Å². The van der Waals surface area contributed by atoms with Crippen LogP contribution in [-0.4, -0.2) is 46.8 Å². The Morgan fingerprint density at radius 2 is 2.03 bits per heavy atom. The van der Waals surface area contributed by atoms with Gasteiger partial charge in [0.05, 0.1) is 29.4 Å². The van der Waals surface area contributed by atoms with Crippen molar-refractivity contribution in [3.63, 3.8) is 0 Å². The van der Waals surface area contributed by atoms with E-state index in [9.17, 15) is 10.2 Å². The number of fused-ring (bicyclic) bond motifs is 1. The molecule has 0 saturated heterocycles. The maximum absolute atomic E-state index is 11.1. The van der Waals surface area contributed by atoms with Gasteiger partial charge in [-0.2, -0.15) is 0 Å². The lowest BCUT2D eigenvalue weighted by Crippen LogP contribution is -2.27. The number of nitrogens with zero attached hydrogens (tertiary/aromatic N) is 5. The predicted molar refractivity (Wildman–Crippen MR) is 112 cm³/mol. The van der Waals surface area contributed by atoms with Crippen molar-refractivity contribution in [1.82, 2.24) is 24.4 Å². The fourth-order valence-electron chi connectivity index (χ4n) is 3.35. The lowest BCUT2D eigenvalue weighted by atomic mass is 10.1. The van der Waals surface area contributed by atoms with Crippen LogP contribution in [0.4, 0.5) is 0 Å². The summed E-state index contributed by atoms with van der Waals surface area (Å²) in [5.74, 6) is 1.18. The second kappa shape index (κ2) is 7.19. The van der Waals surface area contributed by atoms with Crippen molar-refractivity contribution in [3.8, 4) is 11.4 Å². The first-order valence-electron chi connectivity index (χ1n) is 9.89. The number of thiazole rings is 1. The molecule has 1 saturated carbocycles. The van der Waals surface area contributed by atoms with Gasteiger partial charge >= 0.3 is 0 Å². The number of hydrogen-bond acceptors (Lipinski definition) is 7. The molecular formula is C21H23N5O3S. The van der Waals surface area contributed by atoms with E-state index in [0.29, 0.717) is 17.4 Å². The number of aromatic nitrogens is 5. The summed E-state index contributed by atoms with van der Waals surface area (Å²) >= 11 is 1.69. The number of aliphatic hydroxyl groups is 2. The third-order valence-corrected chi connectivity index (χ3v) is 6.30. The molecule has 8 nitrogen and oxygen atoms in total. The standard InChI is InChI=1S/C21H23N5O3S/c1-21(2,28)11-29-15-7-5-14(6-8-15)26-10-16(23-24-26)19(27)18-20(13-3-4-13)30-17-9-22-12-25(17)18/h5-10,12-13,19,27-28H,3-4,11H2,1-2H3/t19-/m0/s1. The van der Waals surface area contributed by atoms with E-state index in [-0.39, 0.29) is 6.61 Å². The van der Waals surface area contributed by atoms with Crippen LogP contribution < -0.4 is 4.74 Å². The van der Waals surface area contributed by atoms with Gasteiger partial charge in [-0.15, -0.1) is 16.4 Å². The van der Waals surface area contributed by atoms with Crippen LogP contribution in [-0.2, 0) is 0 Å². The van der Waals surface area contributed by atoms with E-state index < -0.39 is 11.7 Å². The maximum atomic E-state index is 11.1. The molecular weight excluding hydrogens is 402 g/mol. The van der Waals surface area contributed by atoms with Gasteiger partial charge < -0.3 is 14.9 Å². The van der Waals surface area contributed by atoms with Gasteiger partial charge in [0.1, 0.15) is 35.3 Å². The lowest BCUT2D eigenvalue weighted by Gasteiger charge is -2.17. The molecule has 0 amide bonds. The highest BCUT2D eigenvalue weighted by Gasteiger charge is 2.33. The summed E-state index contributed by atoms with van der Waals surface area (Å²) in [5.41, 5.74) is 1.25. The molecule has 0 spiro atoms. The summed E-state index contributed by atoms with van der Waals surface area (Å²) in [6, 6.07) is 7.35. The summed E-state index contributed by atoms with van der Waals surface area (Å²) in [6.07, 6.45) is 6.76. The number of ether oxygens (including phenoxy) is 1. The number of benzene rings is 1. The Balaban J connectivity index is 1.38. The van der Waals surface area contributed by atoms with Gasteiger partial charge in [-0.1, -0.05) is 5.21 Å². The van der Waals surface area contributed by atoms with Crippen LogP contribution >= 0.6 is 11.3 Å². The predicted octanol–water partition coefficient (Wildman–Crippen LogP) is 3.09. The first kappa shape index (κ1) is 19.2. The van der Waals surface area contributed by atoms with Crippen LogP contribution in [0.25, 0.3) is 10.5 Å². The van der Waals surface area contributed by atoms with Crippen molar-refractivity contribution in [1.29, 1.82) is 0 Å². The zero-order valence-corrected chi connectivity index (χ0v) is 17.6. The summed E-state index contributed by atoms with van der Waals surface area (Å²) < 4.78 is 9.17. The van der Waals surface area contributed by atoms with Crippen LogP contribution in [0.15, 0.2) is 43.0 Å². The smallest absolute Gasteiger partial charge is 0.141 e. The molecule has 30 heavy (non-hydrogen) atoms. The minimum atomic E-state index is -0.892. The van der Waals surface area contributed by atoms with Gasteiger partial charge in [0.25, 0.3) is 0 Å². The Morgan fingerprint density at radius 3 is 2.73 bits per heavy atom. The molecule has 5 rings (SSSR count). The third kappa shape index (κ3) is 3.71. The van der Waals surface area contributed by atoms with Gasteiger partial charge in [0, 0.05) is 4.88 Å². The topological polar surface area (TPSA) is 97.7 Å². The molecule has 0 aliphatic heterocycles. The highest BCUT2D eigenvalue weighted by molar-refractivity contribution is 7.17. The van der Waals surface area contributed by atoms with Crippen molar-refractivity contribution in [2.75, 3.05) is 6.61 Å². The SMILES string of the molecule is CC(C)(O)COc1ccc(-n2cc([C@H](O)c3c(C4CC4)sc4cncn34)nn2)cc1. The van der Waals surface area contributed by atoms with Crippen molar-refractivity contribution >= 4 is 16.2 Å². The highest BCUT2D eigenvalue weighted by Crippen LogP contribution is 2.47. The van der Waals surface area contributed by atoms with E-state index in [1.54, 1.807) is 42.4 Å². The van der Waals surface area contributed by atoms with E-state index in [1.807, 2.05) is 34.9 Å². The van der Waals surface area contributed by atoms with Crippen LogP contribution in [0, 0.1) is 0 Å². The van der Waals surface area contributed by atoms with E-state index in [0.717, 1.165) is 29.1 Å². The van der Waals surface area contributed by atoms with Crippen LogP contribution in [0.3, 0.4) is 0 Å². The molecule has 3 heterocycles. The highest BCUT2D eigenvalue weighted by atomic mass is 32.1. The molecule has 156 valence electrons. The third-order valence-electron chi connectivity index (χ3n) is 5.02. The number of hydrogen-bond donors (Lipinski definition) is 2. The van der Waals surface area contributed by atoms with Crippen LogP contribution in [0.2, 0.25) is 0 Å². The second-order valence-corrected chi connectivity index (χ2v) is 9.38. The van der Waals surface area contributed by atoms with Crippen LogP contribution in [0.1, 0.15) is 55.0 Å². The first-order chi connectivity index (χ1) is 14.4. The first-order valence-corrected chi connectivity index (χ1v) is 10.7. The number of rotatable bonds is 7. The van der Waals surface area contributed by atoms with Gasteiger partial charge in [0.15, 0.2) is 0 Å². The summed E-state index contributed by atoms with van der Waals surface area (Å²) in [6.45, 7) is 3.60. The Hall–Kier alpha value is -2.75. The van der Waals surface area contributed by atoms with Gasteiger partial charge in [-0.05, 0) is 56.9 Å². The molecule has 1 fully saturated rings. The van der Waals surface area contributed by atoms with Crippen molar-refractivity contribution in [2.24, 2.45) is 0 Å². The minimum absolute atomic E-state index is 0.207. The Labute approximate surface area is 177 Å². The normalized spacial score (nSPS) is 15.6. The Morgan fingerprint density at radius 1 is 1.27 bits per heavy atom. The molecule has 0 bridgehead atoms. The maximum Gasteiger partial charge on any atom is 0.141 e. The van der Waals surface area contributed by atoms with Crippen molar-refractivity contribution < 1.29 is 14.9 Å². The second-order valence-electron chi connectivity index (χ2n) is 8.31. The van der Waals surface area contributed by atoms with Crippen molar-refractivity contribution in [3.05, 3.63) is 59.3 Å². The molecule has 2 N–H and O–H groups in total. The van der Waals surface area contributed by atoms with E-state index in [4.69, 9.17) is 4.74 Å². The zero-order chi connectivity index (χ0) is 20.9. The molecule has 1 aliphatic carbocycles. The van der Waals surface area contributed by atoms with E-state index in [1.165, 1.54) is 4.88 Å². The minimum Gasteiger partial charge on any atom is -0.491 e. The molecule has 3 aromatic heterocycles.